The number of nitrogens with one attached hydrogen (secondary N) is 2. The van der Waals surface area contributed by atoms with Gasteiger partial charge in [0.05, 0.1) is 33.9 Å². The zero-order chi connectivity index (χ0) is 62.3. The maximum absolute atomic E-state index is 16.5. The standard InChI is InChI=1S/C68H54F10N4O2S2/c1-65(2,3)31-25-29(26-32(63(31)83)66(4,5)6)43-21-23-45(85-43)47-35-13-17-39(79-35)49(51-53(69)57(73)61(77)58(74)54(51)70)41-19-15-37(81-41)48(46-24-22-44(86-46)30-27-33(67(7,8)9)64(84)34(28-30)68(10,11)12)38-16-20-42(82-38)50(40-18-14-36(47)80-40)52-55(71)59(75)62(78)60(76)56(52)72/h13-28,79,82H,1-12H3. The summed E-state index contributed by atoms with van der Waals surface area (Å²) in [6, 6.07) is 19.8. The van der Waals surface area contributed by atoms with Gasteiger partial charge in [-0.3, -0.25) is 10.2 Å². The van der Waals surface area contributed by atoms with E-state index in [1.54, 1.807) is 24.3 Å². The Balaban J connectivity index is 1.28. The summed E-state index contributed by atoms with van der Waals surface area (Å²) in [5.41, 5.74) is -2.76. The molecule has 0 spiro atoms. The van der Waals surface area contributed by atoms with Gasteiger partial charge < -0.3 is 9.97 Å². The Morgan fingerprint density at radius 3 is 0.814 bits per heavy atom. The molecule has 8 bridgehead atoms. The van der Waals surface area contributed by atoms with Crippen LogP contribution in [0.5, 0.6) is 11.5 Å². The van der Waals surface area contributed by atoms with Gasteiger partial charge in [0.1, 0.15) is 0 Å². The molecule has 2 N–H and O–H groups in total. The molecule has 0 amide bonds. The van der Waals surface area contributed by atoms with Crippen LogP contribution in [0.1, 0.15) is 128 Å². The molecule has 86 heavy (non-hydrogen) atoms. The predicted octanol–water partition coefficient (Wildman–Crippen LogP) is 21.6. The van der Waals surface area contributed by atoms with Crippen molar-refractivity contribution in [2.24, 2.45) is 0 Å². The molecular formula is C68H54F10N4O2S2. The first kappa shape index (κ1) is 59.5. The van der Waals surface area contributed by atoms with E-state index < -0.39 is 102 Å². The van der Waals surface area contributed by atoms with Crippen molar-refractivity contribution in [2.75, 3.05) is 0 Å². The van der Waals surface area contributed by atoms with Crippen LogP contribution in [-0.4, -0.2) is 19.9 Å². The molecule has 7 heterocycles. The van der Waals surface area contributed by atoms with Crippen LogP contribution < -0.4 is 0 Å². The normalized spacial score (nSPS) is 13.0. The van der Waals surface area contributed by atoms with Crippen molar-refractivity contribution in [3.05, 3.63) is 176 Å². The van der Waals surface area contributed by atoms with Crippen LogP contribution >= 0.6 is 22.7 Å². The average molecular weight is 1210 g/mol. The van der Waals surface area contributed by atoms with Crippen molar-refractivity contribution in [3.63, 3.8) is 0 Å². The molecule has 9 aromatic rings. The second-order valence-electron chi connectivity index (χ2n) is 25.5. The van der Waals surface area contributed by atoms with E-state index in [0.29, 0.717) is 52.9 Å². The van der Waals surface area contributed by atoms with Gasteiger partial charge in [-0.15, -0.1) is 22.7 Å². The van der Waals surface area contributed by atoms with Crippen LogP contribution in [0.25, 0.3) is 110 Å². The molecule has 2 radical (unpaired) electrons. The van der Waals surface area contributed by atoms with Crippen LogP contribution in [0.3, 0.4) is 0 Å². The number of aromatic amines is 2. The summed E-state index contributed by atoms with van der Waals surface area (Å²) in [5.74, 6) is -22.5. The minimum absolute atomic E-state index is 0.0295. The fourth-order valence-corrected chi connectivity index (χ4v) is 13.0. The summed E-state index contributed by atoms with van der Waals surface area (Å²) in [7, 11) is 0. The van der Waals surface area contributed by atoms with Gasteiger partial charge in [-0.25, -0.2) is 53.9 Å². The molecule has 0 aliphatic carbocycles. The maximum Gasteiger partial charge on any atom is 0.200 e. The number of halogens is 10. The highest BCUT2D eigenvalue weighted by Crippen LogP contribution is 2.49. The largest absolute Gasteiger partial charge is 0.354 e. The van der Waals surface area contributed by atoms with Gasteiger partial charge in [-0.05, 0) is 130 Å². The Morgan fingerprint density at radius 1 is 0.314 bits per heavy atom. The highest BCUT2D eigenvalue weighted by molar-refractivity contribution is 7.19. The monoisotopic (exact) mass is 1210 g/mol. The first-order valence-corrected chi connectivity index (χ1v) is 28.9. The number of rotatable bonds is 6. The van der Waals surface area contributed by atoms with E-state index >= 15 is 35.1 Å². The van der Waals surface area contributed by atoms with Crippen LogP contribution in [0.2, 0.25) is 0 Å². The molecule has 4 aromatic carbocycles. The summed E-state index contributed by atoms with van der Waals surface area (Å²) in [5, 5.41) is 28.0. The van der Waals surface area contributed by atoms with Gasteiger partial charge in [0.25, 0.3) is 0 Å². The smallest absolute Gasteiger partial charge is 0.200 e. The first-order chi connectivity index (χ1) is 40.1. The summed E-state index contributed by atoms with van der Waals surface area (Å²) >= 11 is 2.43. The Kier molecular flexibility index (Phi) is 14.4. The van der Waals surface area contributed by atoms with Gasteiger partial charge >= 0.3 is 0 Å². The third-order valence-corrected chi connectivity index (χ3v) is 17.7. The quantitative estimate of drug-likeness (QED) is 0.0985. The average Bonchev–Trinajstić information content (AvgIpc) is 1.53. The van der Waals surface area contributed by atoms with E-state index in [0.717, 1.165) is 0 Å². The van der Waals surface area contributed by atoms with Crippen molar-refractivity contribution >= 4 is 69.0 Å². The molecule has 0 atom stereocenters. The topological polar surface area (TPSA) is 97.2 Å². The molecule has 5 aromatic heterocycles. The number of thiophene rings is 2. The number of fused-ring (bicyclic) bond motifs is 8. The van der Waals surface area contributed by atoms with Gasteiger partial charge in [0, 0.05) is 86.1 Å². The molecule has 440 valence electrons. The zero-order valence-corrected chi connectivity index (χ0v) is 50.2. The molecule has 0 saturated heterocycles. The molecule has 0 fully saturated rings. The van der Waals surface area contributed by atoms with E-state index in [-0.39, 0.29) is 67.5 Å². The van der Waals surface area contributed by atoms with Crippen LogP contribution in [0.4, 0.5) is 43.9 Å². The minimum atomic E-state index is -2.39. The molecule has 0 unspecified atom stereocenters. The lowest BCUT2D eigenvalue weighted by atomic mass is 9.78. The third kappa shape index (κ3) is 10.0. The molecule has 6 nitrogen and oxygen atoms in total. The zero-order valence-electron chi connectivity index (χ0n) is 48.5. The first-order valence-electron chi connectivity index (χ1n) is 27.3. The van der Waals surface area contributed by atoms with Crippen LogP contribution in [0.15, 0.2) is 72.8 Å². The van der Waals surface area contributed by atoms with E-state index in [4.69, 9.17) is 9.97 Å². The number of hydrogen-bond acceptors (Lipinski definition) is 4. The van der Waals surface area contributed by atoms with Crippen LogP contribution in [0, 0.1) is 58.2 Å². The van der Waals surface area contributed by atoms with E-state index in [1.165, 1.54) is 71.2 Å². The van der Waals surface area contributed by atoms with E-state index in [9.17, 15) is 19.0 Å². The highest BCUT2D eigenvalue weighted by atomic mass is 32.1. The van der Waals surface area contributed by atoms with Crippen molar-refractivity contribution in [3.8, 4) is 75.5 Å². The van der Waals surface area contributed by atoms with Crippen LogP contribution in [-0.2, 0) is 31.9 Å². The molecular weight excluding hydrogens is 1160 g/mol. The number of hydrogen-bond donors (Lipinski definition) is 2. The van der Waals surface area contributed by atoms with Crippen molar-refractivity contribution < 1.29 is 54.1 Å². The third-order valence-electron chi connectivity index (χ3n) is 15.4. The van der Waals surface area contributed by atoms with E-state index in [2.05, 4.69) is 9.97 Å². The molecule has 2 aliphatic heterocycles. The number of aromatic nitrogens is 4. The fraction of sp³-hybridized carbons (Fsp3) is 0.235. The van der Waals surface area contributed by atoms with Crippen molar-refractivity contribution in [1.29, 1.82) is 0 Å². The van der Waals surface area contributed by atoms with Crippen molar-refractivity contribution in [2.45, 2.75) is 105 Å². The Bertz CT molecular complexity index is 4190. The number of H-pyrrole nitrogens is 2. The summed E-state index contributed by atoms with van der Waals surface area (Å²) in [6.07, 6.45) is 5.49. The lowest BCUT2D eigenvalue weighted by molar-refractivity contribution is 0.326. The van der Waals surface area contributed by atoms with Gasteiger partial charge in [-0.2, -0.15) is 0 Å². The molecule has 18 heteroatoms. The lowest BCUT2D eigenvalue weighted by Gasteiger charge is -2.26. The minimum Gasteiger partial charge on any atom is -0.354 e. The fourth-order valence-electron chi connectivity index (χ4n) is 10.9. The second-order valence-corrected chi connectivity index (χ2v) is 27.7. The molecule has 0 saturated carbocycles. The van der Waals surface area contributed by atoms with Gasteiger partial charge in [0.2, 0.25) is 11.6 Å². The predicted molar refractivity (Wildman–Crippen MR) is 322 cm³/mol. The number of benzene rings is 4. The molecule has 11 rings (SSSR count). The number of nitrogens with zero attached hydrogens (tertiary/aromatic N) is 2. The Labute approximate surface area is 497 Å². The lowest BCUT2D eigenvalue weighted by Crippen LogP contribution is -2.17. The van der Waals surface area contributed by atoms with E-state index in [1.807, 2.05) is 107 Å². The maximum atomic E-state index is 16.5. The summed E-state index contributed by atoms with van der Waals surface area (Å²) in [6.45, 7) is 23.0. The summed E-state index contributed by atoms with van der Waals surface area (Å²) < 4.78 is 158. The van der Waals surface area contributed by atoms with Gasteiger partial charge in [0.15, 0.2) is 58.0 Å². The SMILES string of the molecule is CC(C)(C)c1cc(-c2ccc(-c3c4nc(c(-c5c(F)c(F)c(F)c(F)c5F)c5ccc([nH]5)c(-c5ccc(-c6cc(C(C)(C)C)c([O])c(C(C)(C)C)c6)s5)c5nc(c(-c6c(F)c(F)c(F)c(F)c6F)c6ccc3[nH]6)C=C5)C=C4)s2)cc(C(C)(C)C)c1[O]. The van der Waals surface area contributed by atoms with Gasteiger partial charge in [-0.1, -0.05) is 83.1 Å². The van der Waals surface area contributed by atoms with Crippen molar-refractivity contribution in [1.82, 2.24) is 19.9 Å². The Hall–Kier alpha value is -8.22. The Morgan fingerprint density at radius 2 is 0.547 bits per heavy atom. The highest BCUT2D eigenvalue weighted by Gasteiger charge is 2.35. The summed E-state index contributed by atoms with van der Waals surface area (Å²) in [4.78, 5) is 18.1. The molecule has 2 aliphatic rings. The second kappa shape index (κ2) is 20.7.